The largest absolute Gasteiger partial charge is 0.493 e. The van der Waals surface area contributed by atoms with Crippen molar-refractivity contribution >= 4 is 0 Å². The van der Waals surface area contributed by atoms with Crippen LogP contribution < -0.4 is 4.74 Å². The van der Waals surface area contributed by atoms with Crippen LogP contribution in [0, 0.1) is 13.8 Å². The lowest BCUT2D eigenvalue weighted by atomic mass is 9.94. The van der Waals surface area contributed by atoms with E-state index in [1.807, 2.05) is 0 Å². The summed E-state index contributed by atoms with van der Waals surface area (Å²) in [5, 5.41) is 10.8. The SMILES string of the molecule is Cc1cc2c(cc1C)[C@@H](O)[C@@H](N1CCCCC1)CCO2. The Hall–Kier alpha value is -1.06. The normalized spacial score (nSPS) is 27.6. The second-order valence-corrected chi connectivity index (χ2v) is 6.22. The van der Waals surface area contributed by atoms with Gasteiger partial charge in [-0.05, 0) is 69.5 Å². The molecule has 3 heteroatoms. The first-order valence-corrected chi connectivity index (χ1v) is 7.83. The Morgan fingerprint density at radius 2 is 1.80 bits per heavy atom. The van der Waals surface area contributed by atoms with Crippen molar-refractivity contribution in [3.63, 3.8) is 0 Å². The number of likely N-dealkylation sites (tertiary alicyclic amines) is 1. The summed E-state index contributed by atoms with van der Waals surface area (Å²) in [7, 11) is 0. The minimum atomic E-state index is -0.426. The molecule has 0 aromatic heterocycles. The molecule has 0 aliphatic carbocycles. The summed E-state index contributed by atoms with van der Waals surface area (Å²) in [6.07, 6.45) is 4.32. The van der Waals surface area contributed by atoms with Gasteiger partial charge in [0.05, 0.1) is 12.7 Å². The maximum Gasteiger partial charge on any atom is 0.125 e. The average Bonchev–Trinajstić information content (AvgIpc) is 2.61. The Morgan fingerprint density at radius 3 is 2.55 bits per heavy atom. The van der Waals surface area contributed by atoms with Crippen LogP contribution in [0.3, 0.4) is 0 Å². The molecule has 3 rings (SSSR count). The molecule has 2 aliphatic rings. The molecule has 1 fully saturated rings. The van der Waals surface area contributed by atoms with Crippen molar-refractivity contribution in [1.82, 2.24) is 4.90 Å². The second kappa shape index (κ2) is 5.74. The lowest BCUT2D eigenvalue weighted by molar-refractivity contribution is 0.0334. The van der Waals surface area contributed by atoms with E-state index >= 15 is 0 Å². The van der Waals surface area contributed by atoms with Gasteiger partial charge in [-0.25, -0.2) is 0 Å². The predicted molar refractivity (Wildman–Crippen MR) is 80.2 cm³/mol. The van der Waals surface area contributed by atoms with Crippen LogP contribution in [-0.4, -0.2) is 35.7 Å². The van der Waals surface area contributed by atoms with Crippen molar-refractivity contribution in [2.45, 2.75) is 51.7 Å². The Balaban J connectivity index is 1.90. The molecule has 1 aromatic carbocycles. The monoisotopic (exact) mass is 275 g/mol. The first kappa shape index (κ1) is 13.9. The summed E-state index contributed by atoms with van der Waals surface area (Å²) >= 11 is 0. The third-order valence-electron chi connectivity index (χ3n) is 4.84. The maximum absolute atomic E-state index is 10.8. The fourth-order valence-electron chi connectivity index (χ4n) is 3.46. The topological polar surface area (TPSA) is 32.7 Å². The van der Waals surface area contributed by atoms with E-state index in [4.69, 9.17) is 4.74 Å². The summed E-state index contributed by atoms with van der Waals surface area (Å²) < 4.78 is 5.89. The molecule has 1 N–H and O–H groups in total. The highest BCUT2D eigenvalue weighted by Gasteiger charge is 2.32. The van der Waals surface area contributed by atoms with Crippen LogP contribution >= 0.6 is 0 Å². The van der Waals surface area contributed by atoms with Gasteiger partial charge in [0, 0.05) is 11.6 Å². The molecule has 1 saturated heterocycles. The zero-order valence-electron chi connectivity index (χ0n) is 12.6. The highest BCUT2D eigenvalue weighted by Crippen LogP contribution is 2.36. The van der Waals surface area contributed by atoms with Gasteiger partial charge in [0.1, 0.15) is 5.75 Å². The average molecular weight is 275 g/mol. The van der Waals surface area contributed by atoms with Crippen molar-refractivity contribution in [2.75, 3.05) is 19.7 Å². The quantitative estimate of drug-likeness (QED) is 0.855. The molecular formula is C17H25NO2. The Bertz CT molecular complexity index is 480. The Labute approximate surface area is 121 Å². The van der Waals surface area contributed by atoms with E-state index in [1.165, 1.54) is 30.4 Å². The zero-order valence-corrected chi connectivity index (χ0v) is 12.6. The minimum absolute atomic E-state index is 0.207. The van der Waals surface area contributed by atoms with E-state index in [2.05, 4.69) is 30.9 Å². The van der Waals surface area contributed by atoms with E-state index in [0.717, 1.165) is 30.8 Å². The van der Waals surface area contributed by atoms with Gasteiger partial charge in [-0.3, -0.25) is 4.90 Å². The highest BCUT2D eigenvalue weighted by atomic mass is 16.5. The van der Waals surface area contributed by atoms with Crippen molar-refractivity contribution in [2.24, 2.45) is 0 Å². The third kappa shape index (κ3) is 2.57. The van der Waals surface area contributed by atoms with Crippen molar-refractivity contribution in [3.05, 3.63) is 28.8 Å². The summed E-state index contributed by atoms with van der Waals surface area (Å²) in [6.45, 7) is 7.12. The van der Waals surface area contributed by atoms with Crippen molar-refractivity contribution < 1.29 is 9.84 Å². The number of rotatable bonds is 1. The van der Waals surface area contributed by atoms with Crippen LogP contribution in [0.2, 0.25) is 0 Å². The smallest absolute Gasteiger partial charge is 0.125 e. The summed E-state index contributed by atoms with van der Waals surface area (Å²) in [6, 6.07) is 4.39. The summed E-state index contributed by atoms with van der Waals surface area (Å²) in [5.74, 6) is 0.875. The molecule has 2 heterocycles. The molecule has 3 nitrogen and oxygen atoms in total. The number of nitrogens with zero attached hydrogens (tertiary/aromatic N) is 1. The number of piperidine rings is 1. The molecule has 20 heavy (non-hydrogen) atoms. The number of hydrogen-bond acceptors (Lipinski definition) is 3. The van der Waals surface area contributed by atoms with Crippen LogP contribution in [0.1, 0.15) is 48.5 Å². The number of ether oxygens (including phenoxy) is 1. The Kier molecular flexibility index (Phi) is 3.99. The highest BCUT2D eigenvalue weighted by molar-refractivity contribution is 5.44. The van der Waals surface area contributed by atoms with Gasteiger partial charge in [0.25, 0.3) is 0 Å². The third-order valence-corrected chi connectivity index (χ3v) is 4.84. The molecule has 0 saturated carbocycles. The number of benzene rings is 1. The minimum Gasteiger partial charge on any atom is -0.493 e. The van der Waals surface area contributed by atoms with E-state index in [0.29, 0.717) is 6.61 Å². The Morgan fingerprint density at radius 1 is 1.10 bits per heavy atom. The number of aliphatic hydroxyl groups is 1. The lowest BCUT2D eigenvalue weighted by Gasteiger charge is -2.36. The van der Waals surface area contributed by atoms with Gasteiger partial charge >= 0.3 is 0 Å². The van der Waals surface area contributed by atoms with E-state index < -0.39 is 6.10 Å². The van der Waals surface area contributed by atoms with E-state index in [9.17, 15) is 5.11 Å². The summed E-state index contributed by atoms with van der Waals surface area (Å²) in [4.78, 5) is 2.46. The number of aliphatic hydroxyl groups excluding tert-OH is 1. The van der Waals surface area contributed by atoms with Crippen molar-refractivity contribution in [3.8, 4) is 5.75 Å². The molecule has 0 unspecified atom stereocenters. The molecule has 2 aliphatic heterocycles. The van der Waals surface area contributed by atoms with Gasteiger partial charge in [-0.15, -0.1) is 0 Å². The van der Waals surface area contributed by atoms with Crippen LogP contribution in [0.5, 0.6) is 5.75 Å². The van der Waals surface area contributed by atoms with Gasteiger partial charge in [0.15, 0.2) is 0 Å². The van der Waals surface area contributed by atoms with Crippen LogP contribution in [0.25, 0.3) is 0 Å². The fourth-order valence-corrected chi connectivity index (χ4v) is 3.46. The maximum atomic E-state index is 10.8. The lowest BCUT2D eigenvalue weighted by Crippen LogP contribution is -2.43. The molecule has 0 spiro atoms. The fraction of sp³-hybridized carbons (Fsp3) is 0.647. The molecule has 2 atom stereocenters. The van der Waals surface area contributed by atoms with Gasteiger partial charge < -0.3 is 9.84 Å². The zero-order chi connectivity index (χ0) is 14.1. The molecule has 0 amide bonds. The van der Waals surface area contributed by atoms with Gasteiger partial charge in [0.2, 0.25) is 0 Å². The predicted octanol–water partition coefficient (Wildman–Crippen LogP) is 2.97. The first-order chi connectivity index (χ1) is 9.66. The van der Waals surface area contributed by atoms with Gasteiger partial charge in [-0.1, -0.05) is 6.42 Å². The van der Waals surface area contributed by atoms with E-state index in [1.54, 1.807) is 0 Å². The number of hydrogen-bond donors (Lipinski definition) is 1. The van der Waals surface area contributed by atoms with Crippen LogP contribution in [0.15, 0.2) is 12.1 Å². The summed E-state index contributed by atoms with van der Waals surface area (Å²) in [5.41, 5.74) is 3.43. The first-order valence-electron chi connectivity index (χ1n) is 7.83. The second-order valence-electron chi connectivity index (χ2n) is 6.22. The van der Waals surface area contributed by atoms with Gasteiger partial charge in [-0.2, -0.15) is 0 Å². The number of aryl methyl sites for hydroxylation is 2. The van der Waals surface area contributed by atoms with Crippen molar-refractivity contribution in [1.29, 1.82) is 0 Å². The molecule has 0 radical (unpaired) electrons. The standard InChI is InChI=1S/C17H25NO2/c1-12-10-14-16(11-13(12)2)20-9-6-15(17(14)19)18-7-4-3-5-8-18/h10-11,15,17,19H,3-9H2,1-2H3/t15-,17+/m0/s1. The van der Waals surface area contributed by atoms with Crippen LogP contribution in [0.4, 0.5) is 0 Å². The molecular weight excluding hydrogens is 250 g/mol. The number of fused-ring (bicyclic) bond motifs is 1. The van der Waals surface area contributed by atoms with E-state index in [-0.39, 0.29) is 6.04 Å². The molecule has 1 aromatic rings. The molecule has 0 bridgehead atoms. The van der Waals surface area contributed by atoms with Crippen LogP contribution in [-0.2, 0) is 0 Å². The molecule has 110 valence electrons.